The molecule has 104 valence electrons. The van der Waals surface area contributed by atoms with E-state index in [2.05, 4.69) is 30.6 Å². The van der Waals surface area contributed by atoms with Gasteiger partial charge in [-0.25, -0.2) is 0 Å². The molecule has 3 nitrogen and oxygen atoms in total. The van der Waals surface area contributed by atoms with Crippen molar-refractivity contribution in [1.82, 2.24) is 9.80 Å². The standard InChI is InChI=1S/C15H28N2O/c1-12-10-16-8-5-4-6-14(16)11-17(12)15(3)7-9-18-13(15)2/h12-14H,4-11H2,1-3H3. The molecule has 3 heterocycles. The van der Waals surface area contributed by atoms with Crippen LogP contribution in [0.15, 0.2) is 0 Å². The highest BCUT2D eigenvalue weighted by atomic mass is 16.5. The molecule has 0 saturated carbocycles. The highest BCUT2D eigenvalue weighted by Crippen LogP contribution is 2.36. The molecule has 0 radical (unpaired) electrons. The fourth-order valence-electron chi connectivity index (χ4n) is 4.27. The van der Waals surface area contributed by atoms with Crippen molar-refractivity contribution in [3.63, 3.8) is 0 Å². The lowest BCUT2D eigenvalue weighted by molar-refractivity contribution is -0.0642. The van der Waals surface area contributed by atoms with Gasteiger partial charge in [0.15, 0.2) is 0 Å². The Balaban J connectivity index is 1.76. The van der Waals surface area contributed by atoms with Crippen LogP contribution >= 0.6 is 0 Å². The van der Waals surface area contributed by atoms with E-state index in [0.29, 0.717) is 12.1 Å². The van der Waals surface area contributed by atoms with Crippen molar-refractivity contribution < 1.29 is 4.74 Å². The Labute approximate surface area is 111 Å². The lowest BCUT2D eigenvalue weighted by Gasteiger charge is -2.53. The van der Waals surface area contributed by atoms with Crippen molar-refractivity contribution in [3.05, 3.63) is 0 Å². The Kier molecular flexibility index (Phi) is 3.41. The Bertz CT molecular complexity index is 309. The van der Waals surface area contributed by atoms with Crippen molar-refractivity contribution in [2.24, 2.45) is 0 Å². The molecule has 3 aliphatic heterocycles. The first kappa shape index (κ1) is 12.9. The summed E-state index contributed by atoms with van der Waals surface area (Å²) in [7, 11) is 0. The predicted octanol–water partition coefficient (Wildman–Crippen LogP) is 2.11. The van der Waals surface area contributed by atoms with Crippen LogP contribution < -0.4 is 0 Å². The molecular weight excluding hydrogens is 224 g/mol. The molecule has 0 bridgehead atoms. The minimum absolute atomic E-state index is 0.267. The predicted molar refractivity (Wildman–Crippen MR) is 73.8 cm³/mol. The maximum absolute atomic E-state index is 5.85. The van der Waals surface area contributed by atoms with Gasteiger partial charge in [0, 0.05) is 37.3 Å². The van der Waals surface area contributed by atoms with Gasteiger partial charge in [0.05, 0.1) is 6.10 Å². The van der Waals surface area contributed by atoms with Crippen LogP contribution in [0.1, 0.15) is 46.5 Å². The Morgan fingerprint density at radius 1 is 1.17 bits per heavy atom. The zero-order chi connectivity index (χ0) is 12.8. The summed E-state index contributed by atoms with van der Waals surface area (Å²) in [6, 6.07) is 1.48. The van der Waals surface area contributed by atoms with Gasteiger partial charge < -0.3 is 4.74 Å². The van der Waals surface area contributed by atoms with Gasteiger partial charge in [-0.3, -0.25) is 9.80 Å². The quantitative estimate of drug-likeness (QED) is 0.711. The van der Waals surface area contributed by atoms with E-state index in [-0.39, 0.29) is 5.54 Å². The van der Waals surface area contributed by atoms with Crippen molar-refractivity contribution in [1.29, 1.82) is 0 Å². The molecular formula is C15H28N2O. The summed E-state index contributed by atoms with van der Waals surface area (Å²) in [5, 5.41) is 0. The van der Waals surface area contributed by atoms with Crippen LogP contribution in [0.25, 0.3) is 0 Å². The molecule has 0 N–H and O–H groups in total. The van der Waals surface area contributed by atoms with Crippen LogP contribution in [0.2, 0.25) is 0 Å². The third-order valence-corrected chi connectivity index (χ3v) is 5.70. The second-order valence-corrected chi connectivity index (χ2v) is 6.77. The van der Waals surface area contributed by atoms with Crippen LogP contribution in [-0.2, 0) is 4.74 Å². The molecule has 0 aliphatic carbocycles. The van der Waals surface area contributed by atoms with Gasteiger partial charge in [-0.05, 0) is 46.6 Å². The topological polar surface area (TPSA) is 15.7 Å². The average molecular weight is 252 g/mol. The zero-order valence-corrected chi connectivity index (χ0v) is 12.2. The van der Waals surface area contributed by atoms with E-state index in [0.717, 1.165) is 12.6 Å². The summed E-state index contributed by atoms with van der Waals surface area (Å²) < 4.78 is 5.85. The lowest BCUT2D eigenvalue weighted by atomic mass is 9.87. The van der Waals surface area contributed by atoms with E-state index in [9.17, 15) is 0 Å². The van der Waals surface area contributed by atoms with E-state index in [1.54, 1.807) is 0 Å². The zero-order valence-electron chi connectivity index (χ0n) is 12.2. The molecule has 0 amide bonds. The summed E-state index contributed by atoms with van der Waals surface area (Å²) >= 11 is 0. The maximum Gasteiger partial charge on any atom is 0.0728 e. The van der Waals surface area contributed by atoms with Crippen LogP contribution in [0, 0.1) is 0 Å². The number of fused-ring (bicyclic) bond motifs is 1. The Morgan fingerprint density at radius 2 is 2.00 bits per heavy atom. The third-order valence-electron chi connectivity index (χ3n) is 5.70. The number of hydrogen-bond donors (Lipinski definition) is 0. The van der Waals surface area contributed by atoms with Gasteiger partial charge in [0.25, 0.3) is 0 Å². The molecule has 0 aromatic heterocycles. The SMILES string of the molecule is CC1CN2CCCCC2CN1C1(C)CCOC1C. The van der Waals surface area contributed by atoms with Gasteiger partial charge in [0.2, 0.25) is 0 Å². The molecule has 3 heteroatoms. The van der Waals surface area contributed by atoms with E-state index >= 15 is 0 Å². The van der Waals surface area contributed by atoms with Crippen molar-refractivity contribution in [3.8, 4) is 0 Å². The number of rotatable bonds is 1. The number of piperazine rings is 1. The van der Waals surface area contributed by atoms with Gasteiger partial charge in [-0.15, -0.1) is 0 Å². The van der Waals surface area contributed by atoms with Crippen molar-refractivity contribution in [2.45, 2.75) is 70.2 Å². The molecule has 18 heavy (non-hydrogen) atoms. The molecule has 3 fully saturated rings. The van der Waals surface area contributed by atoms with Gasteiger partial charge >= 0.3 is 0 Å². The summed E-state index contributed by atoms with van der Waals surface area (Å²) in [6.45, 7) is 11.9. The Morgan fingerprint density at radius 3 is 2.72 bits per heavy atom. The number of piperidine rings is 1. The number of nitrogens with zero attached hydrogens (tertiary/aromatic N) is 2. The second-order valence-electron chi connectivity index (χ2n) is 6.77. The number of ether oxygens (including phenoxy) is 1. The van der Waals surface area contributed by atoms with E-state index < -0.39 is 0 Å². The molecule has 3 saturated heterocycles. The summed E-state index contributed by atoms with van der Waals surface area (Å²) in [5.41, 5.74) is 0.267. The normalized spacial score (nSPS) is 47.2. The minimum Gasteiger partial charge on any atom is -0.377 e. The van der Waals surface area contributed by atoms with E-state index in [1.165, 1.54) is 45.3 Å². The fourth-order valence-corrected chi connectivity index (χ4v) is 4.27. The highest BCUT2D eigenvalue weighted by Gasteiger charge is 2.47. The summed E-state index contributed by atoms with van der Waals surface area (Å²) in [6.07, 6.45) is 5.81. The average Bonchev–Trinajstić information content (AvgIpc) is 2.70. The first-order chi connectivity index (χ1) is 8.61. The highest BCUT2D eigenvalue weighted by molar-refractivity contribution is 5.02. The summed E-state index contributed by atoms with van der Waals surface area (Å²) in [4.78, 5) is 5.49. The van der Waals surface area contributed by atoms with Gasteiger partial charge in [-0.2, -0.15) is 0 Å². The first-order valence-electron chi connectivity index (χ1n) is 7.73. The molecule has 4 atom stereocenters. The van der Waals surface area contributed by atoms with Crippen LogP contribution in [-0.4, -0.2) is 59.8 Å². The van der Waals surface area contributed by atoms with Gasteiger partial charge in [-0.1, -0.05) is 6.42 Å². The fraction of sp³-hybridized carbons (Fsp3) is 1.00. The molecule has 3 rings (SSSR count). The molecule has 4 unspecified atom stereocenters. The monoisotopic (exact) mass is 252 g/mol. The van der Waals surface area contributed by atoms with E-state index in [4.69, 9.17) is 4.74 Å². The first-order valence-corrected chi connectivity index (χ1v) is 7.73. The van der Waals surface area contributed by atoms with Crippen LogP contribution in [0.3, 0.4) is 0 Å². The molecule has 0 aromatic rings. The second kappa shape index (κ2) is 4.77. The molecule has 3 aliphatic rings. The van der Waals surface area contributed by atoms with Crippen molar-refractivity contribution in [2.75, 3.05) is 26.2 Å². The minimum atomic E-state index is 0.267. The van der Waals surface area contributed by atoms with Crippen molar-refractivity contribution >= 4 is 0 Å². The third kappa shape index (κ3) is 2.00. The molecule has 0 spiro atoms. The van der Waals surface area contributed by atoms with Gasteiger partial charge in [0.1, 0.15) is 0 Å². The van der Waals surface area contributed by atoms with Crippen LogP contribution in [0.5, 0.6) is 0 Å². The maximum atomic E-state index is 5.85. The van der Waals surface area contributed by atoms with E-state index in [1.807, 2.05) is 0 Å². The summed E-state index contributed by atoms with van der Waals surface area (Å²) in [5.74, 6) is 0. The number of hydrogen-bond acceptors (Lipinski definition) is 3. The lowest BCUT2D eigenvalue weighted by Crippen LogP contribution is -2.66. The molecule has 0 aromatic carbocycles. The smallest absolute Gasteiger partial charge is 0.0728 e. The Hall–Kier alpha value is -0.120. The van der Waals surface area contributed by atoms with Crippen LogP contribution in [0.4, 0.5) is 0 Å². The largest absolute Gasteiger partial charge is 0.377 e.